The summed E-state index contributed by atoms with van der Waals surface area (Å²) in [5.41, 5.74) is 3.51. The van der Waals surface area contributed by atoms with E-state index in [-0.39, 0.29) is 24.2 Å². The third-order valence-corrected chi connectivity index (χ3v) is 4.65. The number of anilines is 1. The number of carbonyl (C=O) groups is 2. The Morgan fingerprint density at radius 2 is 2.08 bits per heavy atom. The van der Waals surface area contributed by atoms with Gasteiger partial charge in [-0.15, -0.1) is 0 Å². The van der Waals surface area contributed by atoms with Gasteiger partial charge in [-0.05, 0) is 42.7 Å². The largest absolute Gasteiger partial charge is 0.488 e. The van der Waals surface area contributed by atoms with E-state index in [1.54, 1.807) is 16.4 Å². The van der Waals surface area contributed by atoms with E-state index < -0.39 is 5.91 Å². The number of benzene rings is 2. The molecule has 0 aromatic heterocycles. The molecule has 0 spiro atoms. The lowest BCUT2D eigenvalue weighted by Crippen LogP contribution is -2.45. The average Bonchev–Trinajstić information content (AvgIpc) is 2.69. The van der Waals surface area contributed by atoms with Gasteiger partial charge in [0.05, 0.1) is 12.2 Å². The summed E-state index contributed by atoms with van der Waals surface area (Å²) in [6.45, 7) is 0.315. The molecule has 2 aliphatic heterocycles. The first kappa shape index (κ1) is 16.4. The van der Waals surface area contributed by atoms with Crippen molar-refractivity contribution >= 4 is 17.5 Å². The summed E-state index contributed by atoms with van der Waals surface area (Å²) in [5.74, 6) is 0.531. The van der Waals surface area contributed by atoms with Crippen LogP contribution in [-0.4, -0.2) is 36.3 Å². The summed E-state index contributed by atoms with van der Waals surface area (Å²) in [6.07, 6.45) is 1.54. The zero-order chi connectivity index (χ0) is 18.1. The Bertz CT molecular complexity index is 867. The molecule has 0 saturated carbocycles. The van der Waals surface area contributed by atoms with Gasteiger partial charge in [-0.2, -0.15) is 0 Å². The topological polar surface area (TPSA) is 88.1 Å². The molecule has 2 aromatic carbocycles. The van der Waals surface area contributed by atoms with Gasteiger partial charge in [-0.25, -0.2) is 5.48 Å². The minimum absolute atomic E-state index is 0.0537. The third kappa shape index (κ3) is 2.97. The first-order valence-electron chi connectivity index (χ1n) is 8.42. The standard InChI is InChI=1S/C19H18N2O5/c22-18-11-25-17-8-6-13(19(23)20-24)9-15(17)21(18)10-14-7-5-12-3-1-2-4-16(12)26-14/h1-4,6,8-9,14,24H,5,7,10-11H2,(H,20,23). The van der Waals surface area contributed by atoms with Crippen LogP contribution in [0.5, 0.6) is 11.5 Å². The summed E-state index contributed by atoms with van der Waals surface area (Å²) >= 11 is 0. The van der Waals surface area contributed by atoms with Crippen molar-refractivity contribution in [1.29, 1.82) is 0 Å². The Hall–Kier alpha value is -3.06. The number of aryl methyl sites for hydroxylation is 1. The number of ether oxygens (including phenoxy) is 2. The minimum atomic E-state index is -0.645. The predicted octanol–water partition coefficient (Wildman–Crippen LogP) is 1.92. The number of carbonyl (C=O) groups excluding carboxylic acids is 2. The van der Waals surface area contributed by atoms with E-state index in [1.807, 2.05) is 24.3 Å². The van der Waals surface area contributed by atoms with E-state index in [2.05, 4.69) is 0 Å². The molecule has 0 aliphatic carbocycles. The molecule has 4 rings (SSSR count). The summed E-state index contributed by atoms with van der Waals surface area (Å²) < 4.78 is 11.5. The molecule has 7 nitrogen and oxygen atoms in total. The van der Waals surface area contributed by atoms with Crippen molar-refractivity contribution in [2.45, 2.75) is 18.9 Å². The fourth-order valence-electron chi connectivity index (χ4n) is 3.32. The van der Waals surface area contributed by atoms with Gasteiger partial charge in [0.25, 0.3) is 11.8 Å². The van der Waals surface area contributed by atoms with Gasteiger partial charge < -0.3 is 14.4 Å². The number of rotatable bonds is 3. The van der Waals surface area contributed by atoms with Gasteiger partial charge in [-0.3, -0.25) is 14.8 Å². The van der Waals surface area contributed by atoms with Crippen LogP contribution in [0.1, 0.15) is 22.3 Å². The molecule has 26 heavy (non-hydrogen) atoms. The van der Waals surface area contributed by atoms with Crippen molar-refractivity contribution in [3.05, 3.63) is 53.6 Å². The second kappa shape index (κ2) is 6.68. The highest BCUT2D eigenvalue weighted by Gasteiger charge is 2.30. The van der Waals surface area contributed by atoms with Crippen molar-refractivity contribution in [2.24, 2.45) is 0 Å². The van der Waals surface area contributed by atoms with E-state index >= 15 is 0 Å². The van der Waals surface area contributed by atoms with Gasteiger partial charge >= 0.3 is 0 Å². The Morgan fingerprint density at radius 1 is 1.23 bits per heavy atom. The van der Waals surface area contributed by atoms with Crippen LogP contribution in [0.4, 0.5) is 5.69 Å². The molecular weight excluding hydrogens is 336 g/mol. The Kier molecular flexibility index (Phi) is 4.22. The third-order valence-electron chi connectivity index (χ3n) is 4.65. The van der Waals surface area contributed by atoms with Gasteiger partial charge in [0, 0.05) is 5.56 Å². The van der Waals surface area contributed by atoms with Crippen LogP contribution in [0.2, 0.25) is 0 Å². The van der Waals surface area contributed by atoms with E-state index in [1.165, 1.54) is 17.7 Å². The highest BCUT2D eigenvalue weighted by molar-refractivity contribution is 6.01. The number of nitrogens with one attached hydrogen (secondary N) is 1. The van der Waals surface area contributed by atoms with Crippen molar-refractivity contribution in [1.82, 2.24) is 5.48 Å². The maximum atomic E-state index is 12.4. The van der Waals surface area contributed by atoms with E-state index in [0.717, 1.165) is 18.6 Å². The van der Waals surface area contributed by atoms with Crippen LogP contribution in [0.25, 0.3) is 0 Å². The van der Waals surface area contributed by atoms with Crippen LogP contribution in [0, 0.1) is 0 Å². The van der Waals surface area contributed by atoms with Gasteiger partial charge in [0.15, 0.2) is 6.61 Å². The van der Waals surface area contributed by atoms with Crippen LogP contribution in [0.15, 0.2) is 42.5 Å². The average molecular weight is 354 g/mol. The summed E-state index contributed by atoms with van der Waals surface area (Å²) in [6, 6.07) is 12.6. The number of hydroxylamine groups is 1. The fraction of sp³-hybridized carbons (Fsp3) is 0.263. The molecule has 1 atom stereocenters. The number of fused-ring (bicyclic) bond motifs is 2. The van der Waals surface area contributed by atoms with Crippen LogP contribution in [0.3, 0.4) is 0 Å². The van der Waals surface area contributed by atoms with Crippen molar-refractivity contribution < 1.29 is 24.3 Å². The quantitative estimate of drug-likeness (QED) is 0.649. The maximum Gasteiger partial charge on any atom is 0.274 e. The normalized spacial score (nSPS) is 18.3. The maximum absolute atomic E-state index is 12.4. The molecule has 2 heterocycles. The molecule has 2 amide bonds. The number of nitrogens with zero attached hydrogens (tertiary/aromatic N) is 1. The molecule has 2 aliphatic rings. The van der Waals surface area contributed by atoms with Crippen molar-refractivity contribution in [2.75, 3.05) is 18.1 Å². The lowest BCUT2D eigenvalue weighted by atomic mass is 10.0. The van der Waals surface area contributed by atoms with Gasteiger partial charge in [0.1, 0.15) is 17.6 Å². The smallest absolute Gasteiger partial charge is 0.274 e. The molecule has 7 heteroatoms. The summed E-state index contributed by atoms with van der Waals surface area (Å²) in [7, 11) is 0. The zero-order valence-corrected chi connectivity index (χ0v) is 14.0. The van der Waals surface area contributed by atoms with Crippen molar-refractivity contribution in [3.63, 3.8) is 0 Å². The highest BCUT2D eigenvalue weighted by atomic mass is 16.5. The Balaban J connectivity index is 1.59. The Labute approximate surface area is 150 Å². The Morgan fingerprint density at radius 3 is 2.92 bits per heavy atom. The van der Waals surface area contributed by atoms with Gasteiger partial charge in [0.2, 0.25) is 0 Å². The van der Waals surface area contributed by atoms with Crippen LogP contribution >= 0.6 is 0 Å². The second-order valence-electron chi connectivity index (χ2n) is 6.30. The predicted molar refractivity (Wildman–Crippen MR) is 92.7 cm³/mol. The van der Waals surface area contributed by atoms with Crippen LogP contribution in [-0.2, 0) is 11.2 Å². The summed E-state index contributed by atoms with van der Waals surface area (Å²) in [4.78, 5) is 25.7. The number of hydrogen-bond donors (Lipinski definition) is 2. The first-order valence-corrected chi connectivity index (χ1v) is 8.42. The monoisotopic (exact) mass is 354 g/mol. The van der Waals surface area contributed by atoms with E-state index in [4.69, 9.17) is 14.7 Å². The first-order chi connectivity index (χ1) is 12.7. The SMILES string of the molecule is O=C(NO)c1ccc2c(c1)N(CC1CCc3ccccc3O1)C(=O)CO2. The molecule has 0 bridgehead atoms. The van der Waals surface area contributed by atoms with Gasteiger partial charge in [-0.1, -0.05) is 18.2 Å². The molecule has 2 aromatic rings. The van der Waals surface area contributed by atoms with E-state index in [9.17, 15) is 9.59 Å². The number of hydrogen-bond acceptors (Lipinski definition) is 5. The molecule has 134 valence electrons. The minimum Gasteiger partial charge on any atom is -0.488 e. The number of para-hydroxylation sites is 1. The molecular formula is C19H18N2O5. The lowest BCUT2D eigenvalue weighted by Gasteiger charge is -2.34. The molecule has 0 saturated heterocycles. The van der Waals surface area contributed by atoms with E-state index in [0.29, 0.717) is 18.0 Å². The second-order valence-corrected chi connectivity index (χ2v) is 6.30. The lowest BCUT2D eigenvalue weighted by molar-refractivity contribution is -0.121. The fourth-order valence-corrected chi connectivity index (χ4v) is 3.32. The molecule has 2 N–H and O–H groups in total. The zero-order valence-electron chi connectivity index (χ0n) is 14.0. The molecule has 0 fully saturated rings. The number of amides is 2. The highest BCUT2D eigenvalue weighted by Crippen LogP contribution is 2.35. The van der Waals surface area contributed by atoms with Crippen molar-refractivity contribution in [3.8, 4) is 11.5 Å². The molecule has 1 unspecified atom stereocenters. The molecule has 0 radical (unpaired) electrons. The van der Waals surface area contributed by atoms with Crippen LogP contribution < -0.4 is 19.9 Å². The summed E-state index contributed by atoms with van der Waals surface area (Å²) in [5, 5.41) is 8.83.